The number of carbonyl (C=O) groups excluding carboxylic acids is 1. The van der Waals surface area contributed by atoms with E-state index in [0.717, 1.165) is 30.4 Å². The molecule has 0 unspecified atom stereocenters. The number of ether oxygens (including phenoxy) is 1. The lowest BCUT2D eigenvalue weighted by Crippen LogP contribution is -2.25. The molecule has 1 heterocycles. The standard InChI is InChI=1S/C21H20N2O2/c24-21(25-20-9-4-8-19(20)23-15-5-14-22-23)18-12-10-17(11-13-18)16-6-2-1-3-7-16/h1-3,5-7,10-15,19-20H,4,8-9H2/t19-,20-/m1/s1. The molecule has 0 N–H and O–H groups in total. The Morgan fingerprint density at radius 1 is 0.960 bits per heavy atom. The number of hydrogen-bond donors (Lipinski definition) is 0. The van der Waals surface area contributed by atoms with Gasteiger partial charge in [-0.1, -0.05) is 42.5 Å². The molecule has 0 saturated heterocycles. The number of carbonyl (C=O) groups is 1. The monoisotopic (exact) mass is 332 g/mol. The van der Waals surface area contributed by atoms with Gasteiger partial charge in [-0.15, -0.1) is 0 Å². The lowest BCUT2D eigenvalue weighted by atomic mass is 10.0. The van der Waals surface area contributed by atoms with Crippen LogP contribution in [0.25, 0.3) is 11.1 Å². The number of esters is 1. The number of nitrogens with zero attached hydrogens (tertiary/aromatic N) is 2. The summed E-state index contributed by atoms with van der Waals surface area (Å²) >= 11 is 0. The molecule has 2 atom stereocenters. The van der Waals surface area contributed by atoms with Gasteiger partial charge in [-0.2, -0.15) is 5.10 Å². The molecule has 4 rings (SSSR count). The Morgan fingerprint density at radius 3 is 2.44 bits per heavy atom. The van der Waals surface area contributed by atoms with Crippen molar-refractivity contribution in [3.8, 4) is 11.1 Å². The largest absolute Gasteiger partial charge is 0.457 e. The van der Waals surface area contributed by atoms with Crippen LogP contribution in [0.2, 0.25) is 0 Å². The minimum Gasteiger partial charge on any atom is -0.457 e. The van der Waals surface area contributed by atoms with E-state index >= 15 is 0 Å². The maximum absolute atomic E-state index is 12.5. The van der Waals surface area contributed by atoms with Crippen molar-refractivity contribution in [2.24, 2.45) is 0 Å². The second-order valence-corrected chi connectivity index (χ2v) is 6.37. The fraction of sp³-hybridized carbons (Fsp3) is 0.238. The van der Waals surface area contributed by atoms with Crippen LogP contribution in [0.3, 0.4) is 0 Å². The number of rotatable bonds is 4. The second-order valence-electron chi connectivity index (χ2n) is 6.37. The number of hydrogen-bond acceptors (Lipinski definition) is 3. The van der Waals surface area contributed by atoms with Gasteiger partial charge >= 0.3 is 5.97 Å². The van der Waals surface area contributed by atoms with Crippen LogP contribution in [0, 0.1) is 0 Å². The Bertz CT molecular complexity index is 826. The summed E-state index contributed by atoms with van der Waals surface area (Å²) in [6.45, 7) is 0. The van der Waals surface area contributed by atoms with Gasteiger partial charge in [0.05, 0.1) is 11.6 Å². The van der Waals surface area contributed by atoms with E-state index in [0.29, 0.717) is 5.56 Å². The first-order valence-electron chi connectivity index (χ1n) is 8.67. The highest BCUT2D eigenvalue weighted by molar-refractivity contribution is 5.90. The van der Waals surface area contributed by atoms with Crippen LogP contribution in [-0.2, 0) is 4.74 Å². The molecular formula is C21H20N2O2. The van der Waals surface area contributed by atoms with Gasteiger partial charge in [0.25, 0.3) is 0 Å². The normalized spacial score (nSPS) is 19.7. The first-order chi connectivity index (χ1) is 12.3. The molecule has 126 valence electrons. The molecular weight excluding hydrogens is 312 g/mol. The molecule has 1 saturated carbocycles. The van der Waals surface area contributed by atoms with Crippen molar-refractivity contribution < 1.29 is 9.53 Å². The van der Waals surface area contributed by atoms with Crippen LogP contribution in [0.1, 0.15) is 35.7 Å². The molecule has 0 spiro atoms. The van der Waals surface area contributed by atoms with Gasteiger partial charge in [0, 0.05) is 12.4 Å². The van der Waals surface area contributed by atoms with Crippen LogP contribution < -0.4 is 0 Å². The summed E-state index contributed by atoms with van der Waals surface area (Å²) in [7, 11) is 0. The van der Waals surface area contributed by atoms with Crippen molar-refractivity contribution in [2.45, 2.75) is 31.4 Å². The van der Waals surface area contributed by atoms with E-state index in [9.17, 15) is 4.79 Å². The van der Waals surface area contributed by atoms with Gasteiger partial charge in [-0.3, -0.25) is 4.68 Å². The average Bonchev–Trinajstić information content (AvgIpc) is 3.34. The van der Waals surface area contributed by atoms with Crippen LogP contribution in [0.15, 0.2) is 73.1 Å². The third-order valence-electron chi connectivity index (χ3n) is 4.77. The van der Waals surface area contributed by atoms with Crippen molar-refractivity contribution >= 4 is 5.97 Å². The van der Waals surface area contributed by atoms with E-state index in [1.165, 1.54) is 0 Å². The molecule has 0 bridgehead atoms. The molecule has 0 amide bonds. The van der Waals surface area contributed by atoms with Gasteiger partial charge in [0.15, 0.2) is 0 Å². The van der Waals surface area contributed by atoms with Gasteiger partial charge in [-0.05, 0) is 48.6 Å². The summed E-state index contributed by atoms with van der Waals surface area (Å²) in [5.74, 6) is -0.260. The molecule has 2 aromatic carbocycles. The van der Waals surface area contributed by atoms with Crippen molar-refractivity contribution in [3.63, 3.8) is 0 Å². The fourth-order valence-electron chi connectivity index (χ4n) is 3.46. The molecule has 0 radical (unpaired) electrons. The summed E-state index contributed by atoms with van der Waals surface area (Å²) < 4.78 is 7.69. The van der Waals surface area contributed by atoms with E-state index in [-0.39, 0.29) is 18.1 Å². The van der Waals surface area contributed by atoms with Crippen LogP contribution in [0.5, 0.6) is 0 Å². The predicted octanol–water partition coefficient (Wildman–Crippen LogP) is 4.50. The predicted molar refractivity (Wildman–Crippen MR) is 96.2 cm³/mol. The molecule has 0 aliphatic heterocycles. The second kappa shape index (κ2) is 6.93. The van der Waals surface area contributed by atoms with Crippen molar-refractivity contribution in [1.82, 2.24) is 9.78 Å². The Kier molecular flexibility index (Phi) is 4.34. The first kappa shape index (κ1) is 15.6. The summed E-state index contributed by atoms with van der Waals surface area (Å²) in [4.78, 5) is 12.5. The van der Waals surface area contributed by atoms with Gasteiger partial charge in [0.1, 0.15) is 6.10 Å². The molecule has 1 aliphatic carbocycles. The third kappa shape index (κ3) is 3.33. The SMILES string of the molecule is O=C(O[C@@H]1CCC[C@H]1n1cccn1)c1ccc(-c2ccccc2)cc1. The van der Waals surface area contributed by atoms with Crippen LogP contribution in [-0.4, -0.2) is 21.9 Å². The maximum Gasteiger partial charge on any atom is 0.338 e. The molecule has 1 aliphatic rings. The zero-order valence-electron chi connectivity index (χ0n) is 13.9. The first-order valence-corrected chi connectivity index (χ1v) is 8.67. The topological polar surface area (TPSA) is 44.1 Å². The molecule has 3 aromatic rings. The van der Waals surface area contributed by atoms with Crippen LogP contribution >= 0.6 is 0 Å². The average molecular weight is 332 g/mol. The van der Waals surface area contributed by atoms with Gasteiger partial charge < -0.3 is 4.74 Å². The highest BCUT2D eigenvalue weighted by Gasteiger charge is 2.32. The molecule has 4 nitrogen and oxygen atoms in total. The van der Waals surface area contributed by atoms with Crippen LogP contribution in [0.4, 0.5) is 0 Å². The Balaban J connectivity index is 1.46. The molecule has 25 heavy (non-hydrogen) atoms. The van der Waals surface area contributed by atoms with E-state index in [1.54, 1.807) is 6.20 Å². The lowest BCUT2D eigenvalue weighted by molar-refractivity contribution is 0.0210. The van der Waals surface area contributed by atoms with Gasteiger partial charge in [0.2, 0.25) is 0 Å². The Morgan fingerprint density at radius 2 is 1.72 bits per heavy atom. The van der Waals surface area contributed by atoms with E-state index in [2.05, 4.69) is 17.2 Å². The summed E-state index contributed by atoms with van der Waals surface area (Å²) in [5, 5.41) is 4.30. The van der Waals surface area contributed by atoms with E-state index in [1.807, 2.05) is 59.4 Å². The Labute approximate surface area is 147 Å². The smallest absolute Gasteiger partial charge is 0.338 e. The van der Waals surface area contributed by atoms with E-state index in [4.69, 9.17) is 4.74 Å². The summed E-state index contributed by atoms with van der Waals surface area (Å²) in [6, 6.07) is 19.8. The van der Waals surface area contributed by atoms with Crippen molar-refractivity contribution in [3.05, 3.63) is 78.6 Å². The highest BCUT2D eigenvalue weighted by atomic mass is 16.5. The lowest BCUT2D eigenvalue weighted by Gasteiger charge is -2.20. The maximum atomic E-state index is 12.5. The minimum absolute atomic E-state index is 0.110. The van der Waals surface area contributed by atoms with Crippen molar-refractivity contribution in [1.29, 1.82) is 0 Å². The van der Waals surface area contributed by atoms with Gasteiger partial charge in [-0.25, -0.2) is 4.79 Å². The molecule has 1 aromatic heterocycles. The zero-order chi connectivity index (χ0) is 17.1. The highest BCUT2D eigenvalue weighted by Crippen LogP contribution is 2.32. The fourth-order valence-corrected chi connectivity index (χ4v) is 3.46. The third-order valence-corrected chi connectivity index (χ3v) is 4.77. The molecule has 1 fully saturated rings. The number of aromatic nitrogens is 2. The number of benzene rings is 2. The van der Waals surface area contributed by atoms with Crippen molar-refractivity contribution in [2.75, 3.05) is 0 Å². The Hall–Kier alpha value is -2.88. The quantitative estimate of drug-likeness (QED) is 0.661. The van der Waals surface area contributed by atoms with E-state index < -0.39 is 0 Å². The summed E-state index contributed by atoms with van der Waals surface area (Å²) in [5.41, 5.74) is 2.81. The summed E-state index contributed by atoms with van der Waals surface area (Å²) in [6.07, 6.45) is 6.52. The molecule has 4 heteroatoms. The minimum atomic E-state index is -0.260. The zero-order valence-corrected chi connectivity index (χ0v) is 13.9.